The van der Waals surface area contributed by atoms with Crippen LogP contribution in [0.25, 0.3) is 11.3 Å². The highest BCUT2D eigenvalue weighted by Gasteiger charge is 2.35. The van der Waals surface area contributed by atoms with Crippen LogP contribution in [0.3, 0.4) is 0 Å². The van der Waals surface area contributed by atoms with Crippen molar-refractivity contribution >= 4 is 29.1 Å². The zero-order chi connectivity index (χ0) is 26.5. The van der Waals surface area contributed by atoms with Crippen LogP contribution in [0.1, 0.15) is 54.2 Å². The Morgan fingerprint density at radius 3 is 2.24 bits per heavy atom. The van der Waals surface area contributed by atoms with E-state index in [1.165, 1.54) is 17.0 Å². The van der Waals surface area contributed by atoms with Crippen molar-refractivity contribution in [2.24, 2.45) is 0 Å². The summed E-state index contributed by atoms with van der Waals surface area (Å²) >= 11 is 6.16. The van der Waals surface area contributed by atoms with Gasteiger partial charge >= 0.3 is 0 Å². The predicted molar refractivity (Wildman–Crippen MR) is 149 cm³/mol. The molecule has 3 aromatic carbocycles. The van der Waals surface area contributed by atoms with Crippen LogP contribution in [-0.2, 0) is 4.79 Å². The highest BCUT2D eigenvalue weighted by atomic mass is 35.5. The fraction of sp³-hybridized carbons (Fsp3) is 0.226. The third-order valence-corrected chi connectivity index (χ3v) is 7.22. The van der Waals surface area contributed by atoms with Crippen LogP contribution >= 0.6 is 11.6 Å². The lowest BCUT2D eigenvalue weighted by atomic mass is 9.94. The van der Waals surface area contributed by atoms with Gasteiger partial charge in [-0.3, -0.25) is 14.5 Å². The Hall–Kier alpha value is -3.90. The lowest BCUT2D eigenvalue weighted by molar-refractivity contribution is -0.123. The Labute approximate surface area is 226 Å². The molecule has 7 heteroatoms. The summed E-state index contributed by atoms with van der Waals surface area (Å²) < 4.78 is 13.9. The summed E-state index contributed by atoms with van der Waals surface area (Å²) in [5.41, 5.74) is 3.07. The number of aromatic nitrogens is 1. The monoisotopic (exact) mass is 529 g/mol. The highest BCUT2D eigenvalue weighted by molar-refractivity contribution is 6.30. The van der Waals surface area contributed by atoms with E-state index < -0.39 is 11.9 Å². The average Bonchev–Trinajstić information content (AvgIpc) is 3.44. The van der Waals surface area contributed by atoms with E-state index in [0.717, 1.165) is 43.4 Å². The lowest BCUT2D eigenvalue weighted by Crippen LogP contribution is -2.47. The number of carbonyl (C=O) groups is 2. The Balaban J connectivity index is 1.57. The molecule has 5 rings (SSSR count). The van der Waals surface area contributed by atoms with Crippen LogP contribution in [0.5, 0.6) is 0 Å². The molecule has 5 nitrogen and oxygen atoms in total. The Kier molecular flexibility index (Phi) is 7.89. The molecule has 1 heterocycles. The van der Waals surface area contributed by atoms with Gasteiger partial charge in [0.15, 0.2) is 0 Å². The Morgan fingerprint density at radius 1 is 0.868 bits per heavy atom. The number of H-pyrrole nitrogens is 1. The number of rotatable bonds is 7. The first-order valence-electron chi connectivity index (χ1n) is 12.9. The summed E-state index contributed by atoms with van der Waals surface area (Å²) in [5, 5.41) is 3.68. The molecule has 38 heavy (non-hydrogen) atoms. The minimum absolute atomic E-state index is 0.0385. The number of nitrogens with zero attached hydrogens (tertiary/aromatic N) is 1. The summed E-state index contributed by atoms with van der Waals surface area (Å²) in [5.74, 6) is -1.11. The molecule has 1 aromatic heterocycles. The largest absolute Gasteiger partial charge is 0.351 e. The first-order chi connectivity index (χ1) is 18.5. The minimum atomic E-state index is -1.02. The highest BCUT2D eigenvalue weighted by Crippen LogP contribution is 2.32. The Morgan fingerprint density at radius 2 is 1.55 bits per heavy atom. The predicted octanol–water partition coefficient (Wildman–Crippen LogP) is 7.31. The summed E-state index contributed by atoms with van der Waals surface area (Å²) in [6.07, 6.45) is 5.05. The molecule has 1 atom stereocenters. The molecular weight excluding hydrogens is 501 g/mol. The number of aromatic amines is 1. The molecule has 0 saturated heterocycles. The molecule has 0 radical (unpaired) electrons. The van der Waals surface area contributed by atoms with Crippen LogP contribution in [0.15, 0.2) is 91.0 Å². The summed E-state index contributed by atoms with van der Waals surface area (Å²) in [6, 6.07) is 24.8. The van der Waals surface area contributed by atoms with Crippen LogP contribution < -0.4 is 10.2 Å². The normalized spacial score (nSPS) is 14.6. The molecule has 194 valence electrons. The van der Waals surface area contributed by atoms with Gasteiger partial charge in [0.25, 0.3) is 5.91 Å². The van der Waals surface area contributed by atoms with Crippen molar-refractivity contribution < 1.29 is 14.0 Å². The topological polar surface area (TPSA) is 65.2 Å². The standard InChI is InChI=1S/C31H29ClFN3O2/c32-23-13-17-26(18-14-23)36(31(38)28-20-19-27(35-28)21-7-3-1-4-8-21)29(22-11-15-24(33)16-12-22)30(37)34-25-9-5-2-6-10-25/h1,3-4,7-8,11-20,25,29,35H,2,5-6,9-10H2,(H,34,37)/t29-/m0/s1. The van der Waals surface area contributed by atoms with Gasteiger partial charge < -0.3 is 10.3 Å². The second-order valence-corrected chi connectivity index (χ2v) is 10.0. The minimum Gasteiger partial charge on any atom is -0.351 e. The van der Waals surface area contributed by atoms with E-state index in [0.29, 0.717) is 22.0 Å². The molecule has 1 fully saturated rings. The molecule has 4 aromatic rings. The van der Waals surface area contributed by atoms with Gasteiger partial charge in [-0.2, -0.15) is 0 Å². The molecular formula is C31H29ClFN3O2. The number of halogens is 2. The molecule has 0 aliphatic heterocycles. The van der Waals surface area contributed by atoms with E-state index in [-0.39, 0.29) is 17.9 Å². The second-order valence-electron chi connectivity index (χ2n) is 9.60. The molecule has 1 aliphatic carbocycles. The van der Waals surface area contributed by atoms with Crippen molar-refractivity contribution in [2.45, 2.75) is 44.2 Å². The molecule has 0 spiro atoms. The maximum Gasteiger partial charge on any atom is 0.275 e. The number of hydrogen-bond donors (Lipinski definition) is 2. The van der Waals surface area contributed by atoms with Crippen LogP contribution in [0, 0.1) is 5.82 Å². The van der Waals surface area contributed by atoms with Crippen molar-refractivity contribution in [2.75, 3.05) is 4.90 Å². The van der Waals surface area contributed by atoms with Gasteiger partial charge in [0.1, 0.15) is 17.6 Å². The summed E-state index contributed by atoms with van der Waals surface area (Å²) in [4.78, 5) is 32.7. The SMILES string of the molecule is O=C(NC1CCCCC1)[C@H](c1ccc(F)cc1)N(C(=O)c1ccc(-c2ccccc2)[nH]1)c1ccc(Cl)cc1. The van der Waals surface area contributed by atoms with Crippen LogP contribution in [-0.4, -0.2) is 22.8 Å². The summed E-state index contributed by atoms with van der Waals surface area (Å²) in [7, 11) is 0. The molecule has 2 amide bonds. The number of benzene rings is 3. The maximum absolute atomic E-state index is 14.2. The van der Waals surface area contributed by atoms with Gasteiger partial charge in [0.05, 0.1) is 0 Å². The third kappa shape index (κ3) is 5.81. The summed E-state index contributed by atoms with van der Waals surface area (Å²) in [6.45, 7) is 0. The van der Waals surface area contributed by atoms with E-state index in [9.17, 15) is 14.0 Å². The fourth-order valence-corrected chi connectivity index (χ4v) is 5.14. The van der Waals surface area contributed by atoms with Gasteiger partial charge in [-0.15, -0.1) is 0 Å². The van der Waals surface area contributed by atoms with Crippen molar-refractivity contribution in [1.82, 2.24) is 10.3 Å². The first kappa shape index (κ1) is 25.7. The Bertz CT molecular complexity index is 1380. The molecule has 2 N–H and O–H groups in total. The van der Waals surface area contributed by atoms with Crippen LogP contribution in [0.2, 0.25) is 5.02 Å². The van der Waals surface area contributed by atoms with E-state index in [1.807, 2.05) is 36.4 Å². The molecule has 0 bridgehead atoms. The molecule has 1 saturated carbocycles. The number of amides is 2. The van der Waals surface area contributed by atoms with E-state index >= 15 is 0 Å². The van der Waals surface area contributed by atoms with Gasteiger partial charge in [-0.25, -0.2) is 4.39 Å². The smallest absolute Gasteiger partial charge is 0.275 e. The fourth-order valence-electron chi connectivity index (χ4n) is 5.01. The van der Waals surface area contributed by atoms with Crippen molar-refractivity contribution in [3.8, 4) is 11.3 Å². The van der Waals surface area contributed by atoms with Gasteiger partial charge in [-0.1, -0.05) is 73.3 Å². The molecule has 1 aliphatic rings. The van der Waals surface area contributed by atoms with Gasteiger partial charge in [-0.05, 0) is 72.5 Å². The van der Waals surface area contributed by atoms with Crippen LogP contribution in [0.4, 0.5) is 10.1 Å². The number of nitrogens with one attached hydrogen (secondary N) is 2. The number of hydrogen-bond acceptors (Lipinski definition) is 2. The molecule has 0 unspecified atom stereocenters. The number of carbonyl (C=O) groups excluding carboxylic acids is 2. The first-order valence-corrected chi connectivity index (χ1v) is 13.3. The zero-order valence-electron chi connectivity index (χ0n) is 20.9. The van der Waals surface area contributed by atoms with E-state index in [1.54, 1.807) is 42.5 Å². The van der Waals surface area contributed by atoms with Crippen molar-refractivity contribution in [3.05, 3.63) is 113 Å². The maximum atomic E-state index is 14.2. The van der Waals surface area contributed by atoms with Gasteiger partial charge in [0.2, 0.25) is 5.91 Å². The zero-order valence-corrected chi connectivity index (χ0v) is 21.6. The lowest BCUT2D eigenvalue weighted by Gasteiger charge is -2.33. The van der Waals surface area contributed by atoms with Crippen molar-refractivity contribution in [1.29, 1.82) is 0 Å². The second kappa shape index (κ2) is 11.7. The number of anilines is 1. The quantitative estimate of drug-likeness (QED) is 0.263. The van der Waals surface area contributed by atoms with Gasteiger partial charge in [0, 0.05) is 22.4 Å². The van der Waals surface area contributed by atoms with E-state index in [4.69, 9.17) is 11.6 Å². The van der Waals surface area contributed by atoms with E-state index in [2.05, 4.69) is 10.3 Å². The van der Waals surface area contributed by atoms with Crippen molar-refractivity contribution in [3.63, 3.8) is 0 Å². The third-order valence-electron chi connectivity index (χ3n) is 6.97. The average molecular weight is 530 g/mol.